The Morgan fingerprint density at radius 1 is 0.368 bits per heavy atom. The van der Waals surface area contributed by atoms with Gasteiger partial charge in [0.2, 0.25) is 0 Å². The molecular formula is C58H116O10. The highest BCUT2D eigenvalue weighted by Crippen LogP contribution is 2.25. The molecule has 1 heterocycles. The Hall–Kier alpha value is -0.400. The molecule has 1 fully saturated rings. The monoisotopic (exact) mass is 973 g/mol. The molecule has 1 aliphatic heterocycles. The van der Waals surface area contributed by atoms with Crippen LogP contribution in [0.15, 0.2) is 0 Å². The molecule has 1 saturated heterocycles. The first kappa shape index (κ1) is 65.6. The van der Waals surface area contributed by atoms with E-state index < -0.39 is 0 Å². The molecule has 8 unspecified atom stereocenters. The maximum absolute atomic E-state index is 6.95. The summed E-state index contributed by atoms with van der Waals surface area (Å²) in [6, 6.07) is 0. The molecule has 0 spiro atoms. The summed E-state index contributed by atoms with van der Waals surface area (Å²) < 4.78 is 65.0. The van der Waals surface area contributed by atoms with Crippen molar-refractivity contribution in [3.63, 3.8) is 0 Å². The first-order chi connectivity index (χ1) is 32.1. The summed E-state index contributed by atoms with van der Waals surface area (Å²) in [5.74, 6) is 6.38. The summed E-state index contributed by atoms with van der Waals surface area (Å²) in [7, 11) is 0. The molecule has 1 aliphatic rings. The third-order valence-electron chi connectivity index (χ3n) is 13.6. The number of hydrogen-bond donors (Lipinski definition) is 0. The first-order valence-electron chi connectivity index (χ1n) is 28.1. The van der Waals surface area contributed by atoms with Crippen molar-refractivity contribution < 1.29 is 47.4 Å². The lowest BCUT2D eigenvalue weighted by Crippen LogP contribution is -2.40. The SMILES string of the molecule is CCC(CC(C)C)OC[C@@H](COCC(COCC(COCC(COC[C@H](CC(C)C)C(C)C)C(C)C)OC(COCC1COCC(CC(C)C)O1)CC(C)C)OCC(CC(C)C)C(C)C)C(C)C. The molecule has 0 bridgehead atoms. The minimum atomic E-state index is -0.303. The highest BCUT2D eigenvalue weighted by atomic mass is 16.6. The highest BCUT2D eigenvalue weighted by Gasteiger charge is 2.27. The Bertz CT molecular complexity index is 1140. The molecule has 10 heteroatoms. The lowest BCUT2D eigenvalue weighted by molar-refractivity contribution is -0.171. The van der Waals surface area contributed by atoms with Crippen LogP contribution in [0.2, 0.25) is 0 Å². The van der Waals surface area contributed by atoms with Crippen LogP contribution in [0.5, 0.6) is 0 Å². The van der Waals surface area contributed by atoms with E-state index in [-0.39, 0.29) is 42.5 Å². The summed E-state index contributed by atoms with van der Waals surface area (Å²) in [6.07, 6.45) is 5.90. The zero-order chi connectivity index (χ0) is 51.2. The molecule has 0 N–H and O–H groups in total. The average Bonchev–Trinajstić information content (AvgIpc) is 3.23. The number of rotatable bonds is 43. The highest BCUT2D eigenvalue weighted by molar-refractivity contribution is 4.74. The van der Waals surface area contributed by atoms with E-state index in [2.05, 4.69) is 132 Å². The van der Waals surface area contributed by atoms with Crippen molar-refractivity contribution >= 4 is 0 Å². The second-order valence-corrected chi connectivity index (χ2v) is 24.5. The van der Waals surface area contributed by atoms with Crippen molar-refractivity contribution in [2.75, 3.05) is 92.5 Å². The molecule has 1 rings (SSSR count). The van der Waals surface area contributed by atoms with Crippen LogP contribution < -0.4 is 0 Å². The smallest absolute Gasteiger partial charge is 0.105 e. The molecule has 68 heavy (non-hydrogen) atoms. The van der Waals surface area contributed by atoms with Crippen LogP contribution in [-0.2, 0) is 47.4 Å². The standard InChI is InChI=1S/C58H116O10/c1-20-53(23-42(6)7)65-31-52(48(18)19)29-60-34-56(66-30-50(46(14)15)22-41(4)5)35-64-39-57(36-61-28-51(47(16)17)27-59-26-49(45(12)13)21-40(2)3)67-54(24-43(8)9)32-62-37-58-38-63-33-55(68-58)25-44(10)11/h40-58H,20-39H2,1-19H3/t49-,50?,51?,52+,53?,54?,55?,56?,57?,58?/m0/s1. The van der Waals surface area contributed by atoms with Gasteiger partial charge in [-0.25, -0.2) is 0 Å². The maximum atomic E-state index is 6.95. The van der Waals surface area contributed by atoms with E-state index in [4.69, 9.17) is 47.4 Å². The van der Waals surface area contributed by atoms with Crippen LogP contribution in [0.1, 0.15) is 170 Å². The summed E-state index contributed by atoms with van der Waals surface area (Å²) >= 11 is 0. The van der Waals surface area contributed by atoms with E-state index in [0.29, 0.717) is 157 Å². The number of hydrogen-bond acceptors (Lipinski definition) is 10. The van der Waals surface area contributed by atoms with E-state index in [1.165, 1.54) is 6.42 Å². The molecule has 0 saturated carbocycles. The Morgan fingerprint density at radius 3 is 1.24 bits per heavy atom. The molecule has 0 amide bonds. The fourth-order valence-corrected chi connectivity index (χ4v) is 8.92. The van der Waals surface area contributed by atoms with Gasteiger partial charge >= 0.3 is 0 Å². The summed E-state index contributed by atoms with van der Waals surface area (Å²) in [6.45, 7) is 51.0. The molecule has 408 valence electrons. The van der Waals surface area contributed by atoms with Gasteiger partial charge in [-0.2, -0.15) is 0 Å². The van der Waals surface area contributed by atoms with Crippen molar-refractivity contribution in [1.29, 1.82) is 0 Å². The number of ether oxygens (including phenoxy) is 10. The fraction of sp³-hybridized carbons (Fsp3) is 1.00. The zero-order valence-corrected chi connectivity index (χ0v) is 48.2. The second kappa shape index (κ2) is 38.2. The Balaban J connectivity index is 3.22. The van der Waals surface area contributed by atoms with Crippen molar-refractivity contribution in [2.45, 2.75) is 207 Å². The van der Waals surface area contributed by atoms with Gasteiger partial charge in [-0.05, 0) is 104 Å². The van der Waals surface area contributed by atoms with Gasteiger partial charge in [0.05, 0.1) is 104 Å². The van der Waals surface area contributed by atoms with E-state index in [9.17, 15) is 0 Å². The predicted octanol–water partition coefficient (Wildman–Crippen LogP) is 13.1. The van der Waals surface area contributed by atoms with Gasteiger partial charge in [0.1, 0.15) is 18.3 Å². The first-order valence-corrected chi connectivity index (χ1v) is 28.1. The molecule has 10 atom stereocenters. The topological polar surface area (TPSA) is 92.3 Å². The zero-order valence-electron chi connectivity index (χ0n) is 48.2. The average molecular weight is 974 g/mol. The molecular weight excluding hydrogens is 857 g/mol. The quantitative estimate of drug-likeness (QED) is 0.0588. The van der Waals surface area contributed by atoms with Crippen LogP contribution in [0, 0.1) is 76.9 Å². The van der Waals surface area contributed by atoms with Crippen molar-refractivity contribution in [3.05, 3.63) is 0 Å². The van der Waals surface area contributed by atoms with E-state index in [0.717, 1.165) is 38.7 Å². The maximum Gasteiger partial charge on any atom is 0.105 e. The second-order valence-electron chi connectivity index (χ2n) is 24.5. The molecule has 10 nitrogen and oxygen atoms in total. The van der Waals surface area contributed by atoms with Crippen LogP contribution in [0.4, 0.5) is 0 Å². The van der Waals surface area contributed by atoms with Crippen LogP contribution in [0.25, 0.3) is 0 Å². The van der Waals surface area contributed by atoms with E-state index >= 15 is 0 Å². The molecule has 0 aromatic heterocycles. The minimum absolute atomic E-state index is 0.0810. The third kappa shape index (κ3) is 32.6. The third-order valence-corrected chi connectivity index (χ3v) is 13.6. The van der Waals surface area contributed by atoms with Crippen molar-refractivity contribution in [1.82, 2.24) is 0 Å². The van der Waals surface area contributed by atoms with Crippen molar-refractivity contribution in [2.24, 2.45) is 76.9 Å². The van der Waals surface area contributed by atoms with Gasteiger partial charge < -0.3 is 47.4 Å². The van der Waals surface area contributed by atoms with Gasteiger partial charge in [-0.15, -0.1) is 0 Å². The lowest BCUT2D eigenvalue weighted by atomic mass is 9.88. The Kier molecular flexibility index (Phi) is 36.9. The van der Waals surface area contributed by atoms with Crippen LogP contribution >= 0.6 is 0 Å². The summed E-state index contributed by atoms with van der Waals surface area (Å²) in [5.41, 5.74) is 0. The largest absolute Gasteiger partial charge is 0.381 e. The normalized spacial score (nSPS) is 19.9. The van der Waals surface area contributed by atoms with E-state index in [1.807, 2.05) is 0 Å². The predicted molar refractivity (Wildman–Crippen MR) is 283 cm³/mol. The van der Waals surface area contributed by atoms with E-state index in [1.54, 1.807) is 0 Å². The Morgan fingerprint density at radius 2 is 0.750 bits per heavy atom. The van der Waals surface area contributed by atoms with Gasteiger partial charge in [-0.1, -0.05) is 132 Å². The molecule has 0 aliphatic carbocycles. The van der Waals surface area contributed by atoms with Crippen LogP contribution in [0.3, 0.4) is 0 Å². The van der Waals surface area contributed by atoms with Crippen LogP contribution in [-0.4, -0.2) is 129 Å². The minimum Gasteiger partial charge on any atom is -0.381 e. The molecule has 0 radical (unpaired) electrons. The fourth-order valence-electron chi connectivity index (χ4n) is 8.92. The lowest BCUT2D eigenvalue weighted by Gasteiger charge is -2.32. The van der Waals surface area contributed by atoms with Gasteiger partial charge in [0.15, 0.2) is 0 Å². The molecule has 0 aromatic rings. The van der Waals surface area contributed by atoms with Gasteiger partial charge in [0, 0.05) is 18.4 Å². The van der Waals surface area contributed by atoms with Gasteiger partial charge in [-0.3, -0.25) is 0 Å². The summed E-state index contributed by atoms with van der Waals surface area (Å²) in [5, 5.41) is 0. The van der Waals surface area contributed by atoms with Gasteiger partial charge in [0.25, 0.3) is 0 Å². The molecule has 0 aromatic carbocycles. The van der Waals surface area contributed by atoms with Crippen molar-refractivity contribution in [3.8, 4) is 0 Å². The Labute approximate surface area is 422 Å². The summed E-state index contributed by atoms with van der Waals surface area (Å²) in [4.78, 5) is 0.